The molecule has 9 nitrogen and oxygen atoms in total. The van der Waals surface area contributed by atoms with Crippen molar-refractivity contribution in [2.24, 2.45) is 5.73 Å². The lowest BCUT2D eigenvalue weighted by molar-refractivity contribution is 0.0600. The number of carbonyl (C=O) groups is 2. The van der Waals surface area contributed by atoms with Crippen LogP contribution in [-0.4, -0.2) is 36.1 Å². The molecule has 0 saturated heterocycles. The standard InChI is InChI=1S/C21H19Cl2N5O4/c1-31-15-8-10(21(30)32-2)6-7-14(15)26-20-17(19(25)29)18(24)27-16(28-20)9-11-12(22)4-3-5-13(11)23/h3-8H,9H2,1-2H3,(H2,25,29)(H3,24,26,27,28). The number of nitrogens with two attached hydrogens (primary N) is 2. The molecule has 166 valence electrons. The predicted octanol–water partition coefficient (Wildman–Crippen LogP) is 3.59. The molecule has 0 fully saturated rings. The summed E-state index contributed by atoms with van der Waals surface area (Å²) in [5.41, 5.74) is 12.7. The number of rotatable bonds is 7. The Morgan fingerprint density at radius 3 is 2.38 bits per heavy atom. The molecule has 5 N–H and O–H groups in total. The zero-order chi connectivity index (χ0) is 23.4. The zero-order valence-corrected chi connectivity index (χ0v) is 18.6. The number of benzene rings is 2. The number of hydrogen-bond acceptors (Lipinski definition) is 8. The molecule has 1 heterocycles. The Morgan fingerprint density at radius 2 is 1.78 bits per heavy atom. The third kappa shape index (κ3) is 4.84. The summed E-state index contributed by atoms with van der Waals surface area (Å²) in [5.74, 6) is -0.840. The van der Waals surface area contributed by atoms with Gasteiger partial charge in [-0.25, -0.2) is 14.8 Å². The summed E-state index contributed by atoms with van der Waals surface area (Å²) in [6, 6.07) is 9.67. The fourth-order valence-corrected chi connectivity index (χ4v) is 3.50. The van der Waals surface area contributed by atoms with Crippen LogP contribution in [0.1, 0.15) is 32.1 Å². The van der Waals surface area contributed by atoms with Crippen molar-refractivity contribution in [2.75, 3.05) is 25.3 Å². The molecule has 0 spiro atoms. The Morgan fingerprint density at radius 1 is 1.09 bits per heavy atom. The van der Waals surface area contributed by atoms with Crippen molar-refractivity contribution < 1.29 is 19.1 Å². The topological polar surface area (TPSA) is 142 Å². The lowest BCUT2D eigenvalue weighted by Gasteiger charge is -2.16. The van der Waals surface area contributed by atoms with Gasteiger partial charge in [0.1, 0.15) is 28.8 Å². The summed E-state index contributed by atoms with van der Waals surface area (Å²) >= 11 is 12.5. The SMILES string of the molecule is COC(=O)c1ccc(Nc2nc(Cc3c(Cl)cccc3Cl)nc(N)c2C(N)=O)c(OC)c1. The van der Waals surface area contributed by atoms with Crippen molar-refractivity contribution in [1.82, 2.24) is 9.97 Å². The second-order valence-corrected chi connectivity index (χ2v) is 7.34. The first-order valence-electron chi connectivity index (χ1n) is 9.17. The van der Waals surface area contributed by atoms with E-state index >= 15 is 0 Å². The lowest BCUT2D eigenvalue weighted by Crippen LogP contribution is -2.19. The fraction of sp³-hybridized carbons (Fsp3) is 0.143. The molecule has 0 bridgehead atoms. The van der Waals surface area contributed by atoms with Crippen LogP contribution in [0.3, 0.4) is 0 Å². The lowest BCUT2D eigenvalue weighted by atomic mass is 10.1. The molecule has 0 aliphatic rings. The first-order valence-corrected chi connectivity index (χ1v) is 9.93. The Balaban J connectivity index is 2.05. The minimum atomic E-state index is -0.822. The van der Waals surface area contributed by atoms with Gasteiger partial charge in [-0.2, -0.15) is 0 Å². The maximum Gasteiger partial charge on any atom is 0.337 e. The molecule has 1 aromatic heterocycles. The number of ether oxygens (including phenoxy) is 2. The van der Waals surface area contributed by atoms with Crippen LogP contribution in [0.2, 0.25) is 10.0 Å². The van der Waals surface area contributed by atoms with Gasteiger partial charge in [-0.05, 0) is 35.9 Å². The van der Waals surface area contributed by atoms with Gasteiger partial charge in [0.15, 0.2) is 0 Å². The highest BCUT2D eigenvalue weighted by Crippen LogP contribution is 2.32. The van der Waals surface area contributed by atoms with E-state index in [4.69, 9.17) is 44.1 Å². The Bertz CT molecular complexity index is 1180. The van der Waals surface area contributed by atoms with Crippen LogP contribution in [0, 0.1) is 0 Å². The van der Waals surface area contributed by atoms with E-state index in [0.717, 1.165) is 0 Å². The quantitative estimate of drug-likeness (QED) is 0.439. The number of methoxy groups -OCH3 is 2. The van der Waals surface area contributed by atoms with Crippen LogP contribution >= 0.6 is 23.2 Å². The second-order valence-electron chi connectivity index (χ2n) is 6.52. The highest BCUT2D eigenvalue weighted by Gasteiger charge is 2.20. The number of carbonyl (C=O) groups excluding carboxylic acids is 2. The van der Waals surface area contributed by atoms with E-state index in [0.29, 0.717) is 27.0 Å². The predicted molar refractivity (Wildman–Crippen MR) is 122 cm³/mol. The molecule has 32 heavy (non-hydrogen) atoms. The molecular formula is C21H19Cl2N5O4. The number of hydrogen-bond donors (Lipinski definition) is 3. The summed E-state index contributed by atoms with van der Waals surface area (Å²) in [6.07, 6.45) is 0.162. The third-order valence-corrected chi connectivity index (χ3v) is 5.21. The van der Waals surface area contributed by atoms with Gasteiger partial charge in [-0.3, -0.25) is 4.79 Å². The summed E-state index contributed by atoms with van der Waals surface area (Å²) in [7, 11) is 2.70. The summed E-state index contributed by atoms with van der Waals surface area (Å²) in [5, 5.41) is 3.86. The summed E-state index contributed by atoms with van der Waals surface area (Å²) in [4.78, 5) is 32.4. The van der Waals surface area contributed by atoms with Gasteiger partial charge in [0, 0.05) is 16.5 Å². The van der Waals surface area contributed by atoms with Gasteiger partial charge < -0.3 is 26.3 Å². The van der Waals surface area contributed by atoms with E-state index in [1.54, 1.807) is 24.3 Å². The van der Waals surface area contributed by atoms with Gasteiger partial charge in [-0.1, -0.05) is 29.3 Å². The Kier molecular flexibility index (Phi) is 7.01. The van der Waals surface area contributed by atoms with Gasteiger partial charge in [0.25, 0.3) is 5.91 Å². The molecule has 11 heteroatoms. The van der Waals surface area contributed by atoms with Gasteiger partial charge >= 0.3 is 5.97 Å². The molecule has 3 rings (SSSR count). The van der Waals surface area contributed by atoms with Crippen molar-refractivity contribution >= 4 is 52.4 Å². The van der Waals surface area contributed by atoms with E-state index in [2.05, 4.69) is 15.3 Å². The van der Waals surface area contributed by atoms with E-state index in [1.807, 2.05) is 0 Å². The van der Waals surface area contributed by atoms with E-state index in [1.165, 1.54) is 26.4 Å². The number of nitrogen functional groups attached to an aromatic ring is 1. The highest BCUT2D eigenvalue weighted by atomic mass is 35.5. The Labute approximate surface area is 193 Å². The molecule has 0 aliphatic heterocycles. The zero-order valence-electron chi connectivity index (χ0n) is 17.1. The normalized spacial score (nSPS) is 10.5. The van der Waals surface area contributed by atoms with E-state index in [9.17, 15) is 9.59 Å². The Hall–Kier alpha value is -3.56. The number of esters is 1. The fourth-order valence-electron chi connectivity index (χ4n) is 2.96. The largest absolute Gasteiger partial charge is 0.495 e. The monoisotopic (exact) mass is 475 g/mol. The molecular weight excluding hydrogens is 457 g/mol. The maximum absolute atomic E-state index is 12.0. The molecule has 1 amide bonds. The third-order valence-electron chi connectivity index (χ3n) is 4.50. The van der Waals surface area contributed by atoms with Crippen molar-refractivity contribution in [3.05, 3.63) is 69.0 Å². The minimum Gasteiger partial charge on any atom is -0.495 e. The van der Waals surface area contributed by atoms with Gasteiger partial charge in [0.05, 0.1) is 25.5 Å². The average molecular weight is 476 g/mol. The van der Waals surface area contributed by atoms with E-state index < -0.39 is 11.9 Å². The number of amides is 1. The van der Waals surface area contributed by atoms with Gasteiger partial charge in [-0.15, -0.1) is 0 Å². The van der Waals surface area contributed by atoms with Gasteiger partial charge in [0.2, 0.25) is 0 Å². The molecule has 0 atom stereocenters. The molecule has 2 aromatic carbocycles. The van der Waals surface area contributed by atoms with Crippen molar-refractivity contribution in [1.29, 1.82) is 0 Å². The van der Waals surface area contributed by atoms with Crippen LogP contribution in [0.4, 0.5) is 17.3 Å². The molecule has 0 aliphatic carbocycles. The van der Waals surface area contributed by atoms with Crippen LogP contribution in [0.25, 0.3) is 0 Å². The second kappa shape index (κ2) is 9.71. The van der Waals surface area contributed by atoms with Crippen LogP contribution in [0.15, 0.2) is 36.4 Å². The highest BCUT2D eigenvalue weighted by molar-refractivity contribution is 6.36. The van der Waals surface area contributed by atoms with Crippen LogP contribution in [0.5, 0.6) is 5.75 Å². The first-order chi connectivity index (χ1) is 15.2. The van der Waals surface area contributed by atoms with Crippen molar-refractivity contribution in [2.45, 2.75) is 6.42 Å². The van der Waals surface area contributed by atoms with E-state index in [-0.39, 0.29) is 35.0 Å². The van der Waals surface area contributed by atoms with Crippen LogP contribution in [-0.2, 0) is 11.2 Å². The number of nitrogens with zero attached hydrogens (tertiary/aromatic N) is 2. The van der Waals surface area contributed by atoms with Crippen molar-refractivity contribution in [3.63, 3.8) is 0 Å². The number of halogens is 2. The number of anilines is 3. The smallest absolute Gasteiger partial charge is 0.337 e. The summed E-state index contributed by atoms with van der Waals surface area (Å²) < 4.78 is 10.1. The molecule has 0 unspecified atom stereocenters. The average Bonchev–Trinajstić information content (AvgIpc) is 2.75. The minimum absolute atomic E-state index is 0.0623. The molecule has 0 saturated carbocycles. The first kappa shape index (κ1) is 23.1. The molecule has 3 aromatic rings. The summed E-state index contributed by atoms with van der Waals surface area (Å²) in [6.45, 7) is 0. The number of nitrogens with one attached hydrogen (secondary N) is 1. The maximum atomic E-state index is 12.0. The number of aromatic nitrogens is 2. The van der Waals surface area contributed by atoms with Crippen LogP contribution < -0.4 is 21.5 Å². The number of primary amides is 1. The molecule has 0 radical (unpaired) electrons. The van der Waals surface area contributed by atoms with Crippen molar-refractivity contribution in [3.8, 4) is 5.75 Å².